The van der Waals surface area contributed by atoms with Gasteiger partial charge in [-0.2, -0.15) is 0 Å². The van der Waals surface area contributed by atoms with Crippen LogP contribution in [0.5, 0.6) is 0 Å². The number of rotatable bonds is 4. The molecule has 0 saturated heterocycles. The first-order valence-corrected chi connectivity index (χ1v) is 12.8. The summed E-state index contributed by atoms with van der Waals surface area (Å²) in [6.07, 6.45) is 7.82. The molecule has 180 valence electrons. The molecule has 5 heteroatoms. The SMILES string of the molecule is Cc1cnc(Nc2ccc3c(c2)CCC2=C4CC(O)C[C@]4(N)CCC23Cc2ccccc2)c(C)n1. The number of anilines is 2. The smallest absolute Gasteiger partial charge is 0.151 e. The third kappa shape index (κ3) is 3.78. The van der Waals surface area contributed by atoms with Gasteiger partial charge in [-0.05, 0) is 93.2 Å². The lowest BCUT2D eigenvalue weighted by Crippen LogP contribution is -2.49. The topological polar surface area (TPSA) is 84.1 Å². The zero-order valence-electron chi connectivity index (χ0n) is 20.6. The second-order valence-electron chi connectivity index (χ2n) is 10.9. The van der Waals surface area contributed by atoms with Crippen LogP contribution >= 0.6 is 0 Å². The lowest BCUT2D eigenvalue weighted by molar-refractivity contribution is 0.171. The summed E-state index contributed by atoms with van der Waals surface area (Å²) in [7, 11) is 0. The number of hydrogen-bond donors (Lipinski definition) is 3. The average molecular weight is 467 g/mol. The molecule has 1 heterocycles. The Hall–Kier alpha value is -3.02. The van der Waals surface area contributed by atoms with E-state index in [9.17, 15) is 5.11 Å². The quantitative estimate of drug-likeness (QED) is 0.460. The highest BCUT2D eigenvalue weighted by molar-refractivity contribution is 5.63. The van der Waals surface area contributed by atoms with E-state index in [4.69, 9.17) is 5.73 Å². The van der Waals surface area contributed by atoms with Crippen LogP contribution in [0.15, 0.2) is 65.9 Å². The van der Waals surface area contributed by atoms with Gasteiger partial charge >= 0.3 is 0 Å². The van der Waals surface area contributed by atoms with E-state index >= 15 is 0 Å². The summed E-state index contributed by atoms with van der Waals surface area (Å²) in [5.74, 6) is 0.804. The van der Waals surface area contributed by atoms with E-state index in [2.05, 4.69) is 63.8 Å². The summed E-state index contributed by atoms with van der Waals surface area (Å²) in [4.78, 5) is 9.10. The molecule has 3 aromatic rings. The largest absolute Gasteiger partial charge is 0.393 e. The van der Waals surface area contributed by atoms with E-state index in [1.165, 1.54) is 27.8 Å². The molecule has 3 atom stereocenters. The maximum atomic E-state index is 10.6. The Labute approximate surface area is 207 Å². The van der Waals surface area contributed by atoms with Crippen LogP contribution in [-0.4, -0.2) is 26.7 Å². The van der Waals surface area contributed by atoms with Crippen LogP contribution in [-0.2, 0) is 18.3 Å². The summed E-state index contributed by atoms with van der Waals surface area (Å²) in [5, 5.41) is 14.1. The number of nitrogens with two attached hydrogens (primary N) is 1. The van der Waals surface area contributed by atoms with Gasteiger partial charge in [-0.25, -0.2) is 4.98 Å². The Balaban J connectivity index is 1.44. The average Bonchev–Trinajstić information content (AvgIpc) is 3.15. The van der Waals surface area contributed by atoms with Crippen molar-refractivity contribution >= 4 is 11.5 Å². The number of nitrogens with one attached hydrogen (secondary N) is 1. The molecule has 0 amide bonds. The Morgan fingerprint density at radius 2 is 1.89 bits per heavy atom. The molecule has 0 radical (unpaired) electrons. The fourth-order valence-corrected chi connectivity index (χ4v) is 6.99. The summed E-state index contributed by atoms with van der Waals surface area (Å²) in [6, 6.07) is 17.7. The molecular weight excluding hydrogens is 432 g/mol. The van der Waals surface area contributed by atoms with Gasteiger partial charge < -0.3 is 16.2 Å². The van der Waals surface area contributed by atoms with Crippen LogP contribution in [0.3, 0.4) is 0 Å². The number of nitrogens with zero attached hydrogens (tertiary/aromatic N) is 2. The maximum absolute atomic E-state index is 10.6. The third-order valence-electron chi connectivity index (χ3n) is 8.52. The summed E-state index contributed by atoms with van der Waals surface area (Å²) in [6.45, 7) is 3.95. The zero-order valence-corrected chi connectivity index (χ0v) is 20.6. The number of hydrogen-bond acceptors (Lipinski definition) is 5. The van der Waals surface area contributed by atoms with Crippen LogP contribution in [0.1, 0.15) is 60.2 Å². The van der Waals surface area contributed by atoms with E-state index in [0.717, 1.165) is 61.4 Å². The van der Waals surface area contributed by atoms with E-state index in [1.807, 2.05) is 13.8 Å². The minimum absolute atomic E-state index is 0.0602. The van der Waals surface area contributed by atoms with E-state index in [-0.39, 0.29) is 17.1 Å². The molecule has 1 fully saturated rings. The summed E-state index contributed by atoms with van der Waals surface area (Å²) >= 11 is 0. The summed E-state index contributed by atoms with van der Waals surface area (Å²) < 4.78 is 0. The minimum atomic E-state index is -0.338. The third-order valence-corrected chi connectivity index (χ3v) is 8.52. The normalized spacial score (nSPS) is 27.3. The molecule has 4 N–H and O–H groups in total. The van der Waals surface area contributed by atoms with Crippen LogP contribution in [0, 0.1) is 13.8 Å². The van der Waals surface area contributed by atoms with Crippen molar-refractivity contribution in [2.45, 2.75) is 75.9 Å². The van der Waals surface area contributed by atoms with E-state index < -0.39 is 0 Å². The van der Waals surface area contributed by atoms with Crippen molar-refractivity contribution in [3.05, 3.63) is 94.0 Å². The highest BCUT2D eigenvalue weighted by Crippen LogP contribution is 2.57. The molecule has 2 aromatic carbocycles. The van der Waals surface area contributed by atoms with Crippen molar-refractivity contribution in [3.63, 3.8) is 0 Å². The number of aromatic nitrogens is 2. The number of fused-ring (bicyclic) bond motifs is 4. The number of benzene rings is 2. The highest BCUT2D eigenvalue weighted by Gasteiger charge is 2.52. The Bertz CT molecular complexity index is 1320. The fraction of sp³-hybridized carbons (Fsp3) is 0.400. The van der Waals surface area contributed by atoms with Crippen LogP contribution < -0.4 is 11.1 Å². The molecule has 2 unspecified atom stereocenters. The van der Waals surface area contributed by atoms with Crippen molar-refractivity contribution in [2.75, 3.05) is 5.32 Å². The van der Waals surface area contributed by atoms with Crippen molar-refractivity contribution in [1.29, 1.82) is 0 Å². The van der Waals surface area contributed by atoms with Crippen molar-refractivity contribution in [2.24, 2.45) is 5.73 Å². The van der Waals surface area contributed by atoms with Gasteiger partial charge in [0.2, 0.25) is 0 Å². The van der Waals surface area contributed by atoms with E-state index in [1.54, 1.807) is 6.20 Å². The molecule has 1 saturated carbocycles. The van der Waals surface area contributed by atoms with Gasteiger partial charge in [0.15, 0.2) is 5.82 Å². The Morgan fingerprint density at radius 3 is 2.69 bits per heavy atom. The van der Waals surface area contributed by atoms with Gasteiger partial charge in [-0.1, -0.05) is 42.0 Å². The monoisotopic (exact) mass is 466 g/mol. The molecular formula is C30H34N4O. The van der Waals surface area contributed by atoms with Gasteiger partial charge in [0.25, 0.3) is 0 Å². The zero-order chi connectivity index (χ0) is 24.2. The lowest BCUT2D eigenvalue weighted by Gasteiger charge is -2.50. The van der Waals surface area contributed by atoms with Crippen LogP contribution in [0.2, 0.25) is 0 Å². The molecule has 1 aromatic heterocycles. The standard InChI is InChI=1S/C30H34N4O/c1-19-18-32-28(20(2)33-19)34-23-9-11-25-22(14-23)8-10-26-27-15-24(35)17-30(27,31)13-12-29(25,26)16-21-6-4-3-5-7-21/h3-7,9,11,14,18,24,35H,8,10,12-13,15-17,31H2,1-2H3,(H,32,34)/t24?,29?,30-/m1/s1. The molecule has 3 aliphatic rings. The lowest BCUT2D eigenvalue weighted by atomic mass is 9.55. The highest BCUT2D eigenvalue weighted by atomic mass is 16.3. The number of aryl methyl sites for hydroxylation is 3. The van der Waals surface area contributed by atoms with Crippen molar-refractivity contribution in [1.82, 2.24) is 9.97 Å². The molecule has 0 spiro atoms. The van der Waals surface area contributed by atoms with Crippen LogP contribution in [0.4, 0.5) is 11.5 Å². The second kappa shape index (κ2) is 8.28. The first-order valence-electron chi connectivity index (χ1n) is 12.8. The first-order chi connectivity index (χ1) is 16.9. The molecule has 35 heavy (non-hydrogen) atoms. The Morgan fingerprint density at radius 1 is 1.06 bits per heavy atom. The predicted molar refractivity (Wildman–Crippen MR) is 140 cm³/mol. The van der Waals surface area contributed by atoms with Gasteiger partial charge in [0.05, 0.1) is 23.7 Å². The van der Waals surface area contributed by atoms with Gasteiger partial charge in [0, 0.05) is 16.6 Å². The number of aliphatic hydroxyl groups is 1. The first kappa shape index (κ1) is 22.4. The molecule has 0 aliphatic heterocycles. The Kier molecular flexibility index (Phi) is 5.31. The predicted octanol–water partition coefficient (Wildman–Crippen LogP) is 5.21. The maximum Gasteiger partial charge on any atom is 0.151 e. The molecule has 5 nitrogen and oxygen atoms in total. The minimum Gasteiger partial charge on any atom is -0.393 e. The van der Waals surface area contributed by atoms with Crippen molar-refractivity contribution < 1.29 is 5.11 Å². The van der Waals surface area contributed by atoms with Crippen molar-refractivity contribution in [3.8, 4) is 0 Å². The van der Waals surface area contributed by atoms with Crippen LogP contribution in [0.25, 0.3) is 0 Å². The molecule has 0 bridgehead atoms. The number of allylic oxidation sites excluding steroid dienone is 1. The molecule has 3 aliphatic carbocycles. The second-order valence-corrected chi connectivity index (χ2v) is 10.9. The van der Waals surface area contributed by atoms with Gasteiger partial charge in [0.1, 0.15) is 0 Å². The van der Waals surface area contributed by atoms with Gasteiger partial charge in [-0.15, -0.1) is 0 Å². The number of aliphatic hydroxyl groups excluding tert-OH is 1. The summed E-state index contributed by atoms with van der Waals surface area (Å²) in [5.41, 5.74) is 16.4. The van der Waals surface area contributed by atoms with E-state index in [0.29, 0.717) is 6.42 Å². The van der Waals surface area contributed by atoms with Gasteiger partial charge in [-0.3, -0.25) is 4.98 Å². The molecule has 6 rings (SSSR count). The fourth-order valence-electron chi connectivity index (χ4n) is 6.99.